The molecule has 0 bridgehead atoms. The molecule has 0 unspecified atom stereocenters. The van der Waals surface area contributed by atoms with E-state index in [9.17, 15) is 14.0 Å². The molecule has 1 saturated heterocycles. The summed E-state index contributed by atoms with van der Waals surface area (Å²) in [5.41, 5.74) is 0.927. The van der Waals surface area contributed by atoms with Crippen molar-refractivity contribution < 1.29 is 14.0 Å². The monoisotopic (exact) mass is 346 g/mol. The number of hydrogen-bond donors (Lipinski definition) is 1. The van der Waals surface area contributed by atoms with E-state index in [1.54, 1.807) is 12.1 Å². The minimum atomic E-state index is -0.286. The summed E-state index contributed by atoms with van der Waals surface area (Å²) in [5.74, 6) is 0.236. The first-order valence-corrected chi connectivity index (χ1v) is 9.27. The Hall–Kier alpha value is -1.91. The van der Waals surface area contributed by atoms with E-state index in [0.29, 0.717) is 25.6 Å². The fraction of sp³-hybridized carbons (Fsp3) is 0.600. The second-order valence-electron chi connectivity index (χ2n) is 7.76. The number of amides is 2. The zero-order valence-corrected chi connectivity index (χ0v) is 15.0. The molecule has 0 radical (unpaired) electrons. The summed E-state index contributed by atoms with van der Waals surface area (Å²) in [5, 5.41) is 3.02. The van der Waals surface area contributed by atoms with Crippen molar-refractivity contribution >= 4 is 11.8 Å². The number of carbonyl (C=O) groups is 2. The van der Waals surface area contributed by atoms with Crippen LogP contribution in [0.25, 0.3) is 0 Å². The van der Waals surface area contributed by atoms with E-state index in [1.165, 1.54) is 12.1 Å². The highest BCUT2D eigenvalue weighted by molar-refractivity contribution is 5.85. The quantitative estimate of drug-likeness (QED) is 0.861. The molecule has 0 spiro atoms. The maximum absolute atomic E-state index is 13.2. The molecule has 2 aliphatic rings. The van der Waals surface area contributed by atoms with Crippen LogP contribution in [-0.2, 0) is 9.59 Å². The molecule has 25 heavy (non-hydrogen) atoms. The number of likely N-dealkylation sites (tertiary alicyclic amines) is 1. The first kappa shape index (κ1) is 17.9. The van der Waals surface area contributed by atoms with E-state index < -0.39 is 0 Å². The van der Waals surface area contributed by atoms with Crippen LogP contribution < -0.4 is 5.32 Å². The van der Waals surface area contributed by atoms with Crippen molar-refractivity contribution in [2.45, 2.75) is 39.0 Å². The van der Waals surface area contributed by atoms with Crippen molar-refractivity contribution in [1.29, 1.82) is 0 Å². The van der Waals surface area contributed by atoms with Crippen LogP contribution in [0.1, 0.15) is 44.6 Å². The molecule has 2 amide bonds. The molecule has 4 nitrogen and oxygen atoms in total. The van der Waals surface area contributed by atoms with E-state index in [-0.39, 0.29) is 35.4 Å². The minimum absolute atomic E-state index is 0.000993. The van der Waals surface area contributed by atoms with Gasteiger partial charge in [-0.25, -0.2) is 4.39 Å². The highest BCUT2D eigenvalue weighted by atomic mass is 19.1. The Kier molecular flexibility index (Phi) is 5.40. The molecular formula is C20H27FN2O2. The van der Waals surface area contributed by atoms with Crippen molar-refractivity contribution in [3.63, 3.8) is 0 Å². The molecular weight excluding hydrogens is 319 g/mol. The molecule has 1 heterocycles. The summed E-state index contributed by atoms with van der Waals surface area (Å²) in [6, 6.07) is 6.32. The molecule has 0 aromatic heterocycles. The Morgan fingerprint density at radius 1 is 1.20 bits per heavy atom. The third-order valence-corrected chi connectivity index (χ3v) is 5.21. The first-order valence-electron chi connectivity index (χ1n) is 9.27. The summed E-state index contributed by atoms with van der Waals surface area (Å²) in [7, 11) is 0. The summed E-state index contributed by atoms with van der Waals surface area (Å²) in [6.07, 6.45) is 2.86. The van der Waals surface area contributed by atoms with Crippen LogP contribution in [0.15, 0.2) is 24.3 Å². The lowest BCUT2D eigenvalue weighted by Gasteiger charge is -2.18. The van der Waals surface area contributed by atoms with Gasteiger partial charge in [-0.15, -0.1) is 0 Å². The second-order valence-corrected chi connectivity index (χ2v) is 7.76. The van der Waals surface area contributed by atoms with Crippen LogP contribution >= 0.6 is 0 Å². The Morgan fingerprint density at radius 2 is 1.88 bits per heavy atom. The second kappa shape index (κ2) is 7.54. The molecule has 1 N–H and O–H groups in total. The van der Waals surface area contributed by atoms with E-state index in [4.69, 9.17) is 0 Å². The van der Waals surface area contributed by atoms with Crippen LogP contribution in [-0.4, -0.2) is 36.3 Å². The van der Waals surface area contributed by atoms with Crippen LogP contribution in [0.3, 0.4) is 0 Å². The standard InChI is InChI=1S/C20H27FN2O2/c1-13(2)9-10-22-19(24)18-12-23(20(25)15-3-4-15)11-17(18)14-5-7-16(21)8-6-14/h5-8,13,15,17-18H,3-4,9-12H2,1-2H3,(H,22,24)/t17-,18+/m1/s1. The Morgan fingerprint density at radius 3 is 2.48 bits per heavy atom. The topological polar surface area (TPSA) is 49.4 Å². The molecule has 136 valence electrons. The lowest BCUT2D eigenvalue weighted by molar-refractivity contribution is -0.132. The largest absolute Gasteiger partial charge is 0.356 e. The normalized spacial score (nSPS) is 23.1. The van der Waals surface area contributed by atoms with Crippen LogP contribution in [0.4, 0.5) is 4.39 Å². The molecule has 3 rings (SSSR count). The number of benzene rings is 1. The number of nitrogens with zero attached hydrogens (tertiary/aromatic N) is 1. The molecule has 1 aromatic rings. The molecule has 1 aromatic carbocycles. The maximum Gasteiger partial charge on any atom is 0.225 e. The van der Waals surface area contributed by atoms with Gasteiger partial charge < -0.3 is 10.2 Å². The number of rotatable bonds is 6. The lowest BCUT2D eigenvalue weighted by atomic mass is 9.88. The summed E-state index contributed by atoms with van der Waals surface area (Å²) in [4.78, 5) is 27.0. The van der Waals surface area contributed by atoms with Crippen molar-refractivity contribution in [1.82, 2.24) is 10.2 Å². The zero-order chi connectivity index (χ0) is 18.0. The van der Waals surface area contributed by atoms with Gasteiger partial charge in [-0.1, -0.05) is 26.0 Å². The Bertz CT molecular complexity index is 625. The average Bonchev–Trinajstić information content (AvgIpc) is 3.33. The van der Waals surface area contributed by atoms with Gasteiger partial charge in [-0.05, 0) is 42.9 Å². The predicted octanol–water partition coefficient (Wildman–Crippen LogP) is 2.94. The van der Waals surface area contributed by atoms with Gasteiger partial charge in [-0.2, -0.15) is 0 Å². The van der Waals surface area contributed by atoms with Crippen molar-refractivity contribution in [3.05, 3.63) is 35.6 Å². The van der Waals surface area contributed by atoms with E-state index in [2.05, 4.69) is 19.2 Å². The highest BCUT2D eigenvalue weighted by Crippen LogP contribution is 2.37. The molecule has 2 fully saturated rings. The molecule has 1 aliphatic carbocycles. The average molecular weight is 346 g/mol. The smallest absolute Gasteiger partial charge is 0.225 e. The van der Waals surface area contributed by atoms with Gasteiger partial charge >= 0.3 is 0 Å². The first-order chi connectivity index (χ1) is 12.0. The maximum atomic E-state index is 13.2. The highest BCUT2D eigenvalue weighted by Gasteiger charge is 2.43. The number of nitrogens with one attached hydrogen (secondary N) is 1. The predicted molar refractivity (Wildman–Crippen MR) is 94.4 cm³/mol. The third-order valence-electron chi connectivity index (χ3n) is 5.21. The summed E-state index contributed by atoms with van der Waals surface area (Å²) < 4.78 is 13.2. The number of halogens is 1. The van der Waals surface area contributed by atoms with E-state index in [0.717, 1.165) is 24.8 Å². The molecule has 1 aliphatic heterocycles. The van der Waals surface area contributed by atoms with Crippen molar-refractivity contribution in [2.75, 3.05) is 19.6 Å². The van der Waals surface area contributed by atoms with Crippen LogP contribution in [0, 0.1) is 23.6 Å². The summed E-state index contributed by atoms with van der Waals surface area (Å²) in [6.45, 7) is 5.91. The Balaban J connectivity index is 1.72. The van der Waals surface area contributed by atoms with Crippen LogP contribution in [0.2, 0.25) is 0 Å². The molecule has 5 heteroatoms. The molecule has 2 atom stereocenters. The van der Waals surface area contributed by atoms with Gasteiger partial charge in [0.2, 0.25) is 11.8 Å². The van der Waals surface area contributed by atoms with E-state index in [1.807, 2.05) is 4.90 Å². The van der Waals surface area contributed by atoms with Gasteiger partial charge in [0.1, 0.15) is 5.82 Å². The Labute approximate surface area is 148 Å². The minimum Gasteiger partial charge on any atom is -0.356 e. The lowest BCUT2D eigenvalue weighted by Crippen LogP contribution is -2.36. The summed E-state index contributed by atoms with van der Waals surface area (Å²) >= 11 is 0. The zero-order valence-electron chi connectivity index (χ0n) is 15.0. The fourth-order valence-electron chi connectivity index (χ4n) is 3.50. The number of hydrogen-bond acceptors (Lipinski definition) is 2. The number of carbonyl (C=O) groups excluding carboxylic acids is 2. The third kappa shape index (κ3) is 4.39. The van der Waals surface area contributed by atoms with Gasteiger partial charge in [-0.3, -0.25) is 9.59 Å². The van der Waals surface area contributed by atoms with Gasteiger partial charge in [0.15, 0.2) is 0 Å². The SMILES string of the molecule is CC(C)CCNC(=O)[C@H]1CN(C(=O)C2CC2)C[C@@H]1c1ccc(F)cc1. The van der Waals surface area contributed by atoms with Crippen molar-refractivity contribution in [2.24, 2.45) is 17.8 Å². The van der Waals surface area contributed by atoms with Crippen molar-refractivity contribution in [3.8, 4) is 0 Å². The van der Waals surface area contributed by atoms with Gasteiger partial charge in [0.25, 0.3) is 0 Å². The fourth-order valence-corrected chi connectivity index (χ4v) is 3.50. The molecule has 1 saturated carbocycles. The van der Waals surface area contributed by atoms with E-state index >= 15 is 0 Å². The van der Waals surface area contributed by atoms with Crippen LogP contribution in [0.5, 0.6) is 0 Å². The van der Waals surface area contributed by atoms with Gasteiger partial charge in [0, 0.05) is 31.5 Å². The van der Waals surface area contributed by atoms with Gasteiger partial charge in [0.05, 0.1) is 5.92 Å².